The Bertz CT molecular complexity index is 1420. The number of rotatable bonds is 10. The van der Waals surface area contributed by atoms with Crippen LogP contribution >= 0.6 is 23.1 Å². The zero-order valence-corrected chi connectivity index (χ0v) is 22.2. The predicted molar refractivity (Wildman–Crippen MR) is 147 cm³/mol. The van der Waals surface area contributed by atoms with Gasteiger partial charge in [-0.25, -0.2) is 13.4 Å². The number of aromatic nitrogens is 1. The van der Waals surface area contributed by atoms with Crippen LogP contribution in [0.25, 0.3) is 11.3 Å². The van der Waals surface area contributed by atoms with Crippen LogP contribution in [0.5, 0.6) is 5.75 Å². The van der Waals surface area contributed by atoms with E-state index < -0.39 is 10.0 Å². The van der Waals surface area contributed by atoms with Gasteiger partial charge in [0.1, 0.15) is 5.75 Å². The highest BCUT2D eigenvalue weighted by Gasteiger charge is 2.14. The summed E-state index contributed by atoms with van der Waals surface area (Å²) in [5.74, 6) is 0.836. The fourth-order valence-corrected chi connectivity index (χ4v) is 5.70. The quantitative estimate of drug-likeness (QED) is 0.238. The third-order valence-corrected chi connectivity index (χ3v) is 8.19. The maximum absolute atomic E-state index is 12.5. The number of carbonyl (C=O) groups is 1. The molecule has 0 aliphatic heterocycles. The summed E-state index contributed by atoms with van der Waals surface area (Å²) < 4.78 is 33.1. The minimum Gasteiger partial charge on any atom is -0.494 e. The van der Waals surface area contributed by atoms with E-state index >= 15 is 0 Å². The van der Waals surface area contributed by atoms with Gasteiger partial charge in [-0.1, -0.05) is 17.7 Å². The zero-order chi connectivity index (χ0) is 25.5. The first kappa shape index (κ1) is 25.7. The summed E-state index contributed by atoms with van der Waals surface area (Å²) in [5, 5.41) is 5.26. The molecule has 0 bridgehead atoms. The van der Waals surface area contributed by atoms with Crippen LogP contribution in [0.2, 0.25) is 0 Å². The Kier molecular flexibility index (Phi) is 8.29. The highest BCUT2D eigenvalue weighted by Crippen LogP contribution is 2.27. The Morgan fingerprint density at radius 3 is 2.36 bits per heavy atom. The van der Waals surface area contributed by atoms with Crippen LogP contribution < -0.4 is 14.8 Å². The van der Waals surface area contributed by atoms with Gasteiger partial charge in [0.05, 0.1) is 22.9 Å². The molecule has 2 N–H and O–H groups in total. The van der Waals surface area contributed by atoms with Crippen molar-refractivity contribution in [1.29, 1.82) is 0 Å². The first-order valence-electron chi connectivity index (χ1n) is 11.1. The van der Waals surface area contributed by atoms with E-state index in [2.05, 4.69) is 15.0 Å². The van der Waals surface area contributed by atoms with Crippen LogP contribution in [0.1, 0.15) is 12.5 Å². The van der Waals surface area contributed by atoms with Crippen LogP contribution in [0.4, 0.5) is 10.8 Å². The van der Waals surface area contributed by atoms with E-state index in [1.54, 1.807) is 48.5 Å². The Balaban J connectivity index is 1.28. The second kappa shape index (κ2) is 11.6. The fourth-order valence-electron chi connectivity index (χ4n) is 3.21. The number of thioether (sulfide) groups is 1. The number of nitrogens with one attached hydrogen (secondary N) is 2. The SMILES string of the molecule is CCOc1ccc(-c2csc(NC(=O)CSc3ccc(NS(=O)(=O)c4ccc(C)cc4)cc3)n2)cc1. The standard InChI is InChI=1S/C26H25N3O4S3/c1-3-33-21-10-6-19(7-11-21)24-16-35-26(27-24)28-25(30)17-34-22-12-8-20(9-13-22)29-36(31,32)23-14-4-18(2)5-15-23/h4-16,29H,3,17H2,1-2H3,(H,27,28,30). The van der Waals surface area contributed by atoms with E-state index in [-0.39, 0.29) is 16.6 Å². The molecule has 36 heavy (non-hydrogen) atoms. The third-order valence-electron chi connectivity index (χ3n) is 5.02. The first-order valence-corrected chi connectivity index (χ1v) is 14.5. The largest absolute Gasteiger partial charge is 0.494 e. The van der Waals surface area contributed by atoms with Gasteiger partial charge in [0, 0.05) is 21.5 Å². The van der Waals surface area contributed by atoms with Crippen LogP contribution in [-0.2, 0) is 14.8 Å². The molecule has 1 heterocycles. The Labute approximate surface area is 219 Å². The highest BCUT2D eigenvalue weighted by molar-refractivity contribution is 8.00. The molecule has 7 nitrogen and oxygen atoms in total. The number of nitrogens with zero attached hydrogens (tertiary/aromatic N) is 1. The summed E-state index contributed by atoms with van der Waals surface area (Å²) in [4.78, 5) is 18.0. The molecule has 1 aromatic heterocycles. The van der Waals surface area contributed by atoms with Crippen LogP contribution in [0, 0.1) is 6.92 Å². The number of hydrogen-bond acceptors (Lipinski definition) is 7. The Morgan fingerprint density at radius 1 is 1.00 bits per heavy atom. The lowest BCUT2D eigenvalue weighted by molar-refractivity contribution is -0.113. The number of aryl methyl sites for hydroxylation is 1. The minimum atomic E-state index is -3.66. The van der Waals surface area contributed by atoms with Crippen molar-refractivity contribution in [1.82, 2.24) is 4.98 Å². The number of sulfonamides is 1. The summed E-state index contributed by atoms with van der Waals surface area (Å²) in [6.07, 6.45) is 0. The smallest absolute Gasteiger partial charge is 0.261 e. The van der Waals surface area contributed by atoms with Crippen molar-refractivity contribution in [2.45, 2.75) is 23.6 Å². The molecule has 0 fully saturated rings. The zero-order valence-electron chi connectivity index (χ0n) is 19.7. The van der Waals surface area contributed by atoms with Gasteiger partial charge in [0.15, 0.2) is 5.13 Å². The monoisotopic (exact) mass is 539 g/mol. The van der Waals surface area contributed by atoms with Crippen molar-refractivity contribution in [3.63, 3.8) is 0 Å². The van der Waals surface area contributed by atoms with Gasteiger partial charge in [0.25, 0.3) is 10.0 Å². The predicted octanol–water partition coefficient (Wildman–Crippen LogP) is 6.05. The second-order valence-corrected chi connectivity index (χ2v) is 11.4. The lowest BCUT2D eigenvalue weighted by Gasteiger charge is -2.09. The van der Waals surface area contributed by atoms with Gasteiger partial charge >= 0.3 is 0 Å². The van der Waals surface area contributed by atoms with Crippen molar-refractivity contribution < 1.29 is 17.9 Å². The van der Waals surface area contributed by atoms with Gasteiger partial charge < -0.3 is 10.1 Å². The van der Waals surface area contributed by atoms with Gasteiger partial charge in [-0.2, -0.15) is 0 Å². The number of thiazole rings is 1. The summed E-state index contributed by atoms with van der Waals surface area (Å²) >= 11 is 2.72. The molecule has 0 saturated carbocycles. The molecule has 186 valence electrons. The van der Waals surface area contributed by atoms with E-state index in [4.69, 9.17) is 4.74 Å². The number of benzene rings is 3. The molecule has 0 aliphatic carbocycles. The molecule has 0 spiro atoms. The number of hydrogen-bond donors (Lipinski definition) is 2. The molecule has 0 radical (unpaired) electrons. The molecule has 4 aromatic rings. The molecule has 10 heteroatoms. The molecule has 0 saturated heterocycles. The third kappa shape index (κ3) is 6.87. The normalized spacial score (nSPS) is 11.2. The van der Waals surface area contributed by atoms with E-state index in [1.165, 1.54) is 23.1 Å². The number of amides is 1. The average Bonchev–Trinajstić information content (AvgIpc) is 3.33. The van der Waals surface area contributed by atoms with Crippen LogP contribution in [-0.4, -0.2) is 31.7 Å². The number of ether oxygens (including phenoxy) is 1. The lowest BCUT2D eigenvalue weighted by Crippen LogP contribution is -2.14. The van der Waals surface area contributed by atoms with Gasteiger partial charge in [-0.05, 0) is 74.5 Å². The van der Waals surface area contributed by atoms with Crippen LogP contribution in [0.3, 0.4) is 0 Å². The maximum Gasteiger partial charge on any atom is 0.261 e. The lowest BCUT2D eigenvalue weighted by atomic mass is 10.2. The Morgan fingerprint density at radius 2 is 1.69 bits per heavy atom. The Hall–Kier alpha value is -3.34. The minimum absolute atomic E-state index is 0.170. The van der Waals surface area contributed by atoms with Crippen molar-refractivity contribution >= 4 is 49.8 Å². The summed E-state index contributed by atoms with van der Waals surface area (Å²) in [6.45, 7) is 4.45. The molecule has 3 aromatic carbocycles. The molecule has 0 atom stereocenters. The maximum atomic E-state index is 12.5. The van der Waals surface area contributed by atoms with Crippen LogP contribution in [0.15, 0.2) is 88.0 Å². The molecule has 0 unspecified atom stereocenters. The first-order chi connectivity index (χ1) is 17.3. The topological polar surface area (TPSA) is 97.4 Å². The summed E-state index contributed by atoms with van der Waals surface area (Å²) in [6, 6.07) is 21.2. The van der Waals surface area contributed by atoms with Crippen molar-refractivity contribution in [2.24, 2.45) is 0 Å². The second-order valence-electron chi connectivity index (χ2n) is 7.78. The van der Waals surface area contributed by atoms with E-state index in [9.17, 15) is 13.2 Å². The van der Waals surface area contributed by atoms with E-state index in [0.29, 0.717) is 17.4 Å². The molecule has 4 rings (SSSR count). The number of anilines is 2. The van der Waals surface area contributed by atoms with Crippen molar-refractivity contribution in [3.05, 3.63) is 83.7 Å². The van der Waals surface area contributed by atoms with Gasteiger partial charge in [0.2, 0.25) is 5.91 Å². The summed E-state index contributed by atoms with van der Waals surface area (Å²) in [5.41, 5.74) is 3.17. The van der Waals surface area contributed by atoms with Crippen molar-refractivity contribution in [2.75, 3.05) is 22.4 Å². The van der Waals surface area contributed by atoms with Crippen molar-refractivity contribution in [3.8, 4) is 17.0 Å². The molecular weight excluding hydrogens is 515 g/mol. The summed E-state index contributed by atoms with van der Waals surface area (Å²) in [7, 11) is -3.66. The van der Waals surface area contributed by atoms with E-state index in [0.717, 1.165) is 27.5 Å². The average molecular weight is 540 g/mol. The molecule has 0 aliphatic rings. The van der Waals surface area contributed by atoms with E-state index in [1.807, 2.05) is 43.5 Å². The molecular formula is C26H25N3O4S3. The highest BCUT2D eigenvalue weighted by atomic mass is 32.2. The van der Waals surface area contributed by atoms with Gasteiger partial charge in [-0.15, -0.1) is 23.1 Å². The molecule has 1 amide bonds. The van der Waals surface area contributed by atoms with Gasteiger partial charge in [-0.3, -0.25) is 9.52 Å². The number of carbonyl (C=O) groups excluding carboxylic acids is 1. The fraction of sp³-hybridized carbons (Fsp3) is 0.154.